The van der Waals surface area contributed by atoms with Crippen molar-refractivity contribution in [2.45, 2.75) is 19.1 Å². The number of halogens is 3. The number of nitrogens with zero attached hydrogens (tertiary/aromatic N) is 4. The Kier molecular flexibility index (Phi) is 6.36. The van der Waals surface area contributed by atoms with Crippen LogP contribution in [0.25, 0.3) is 0 Å². The van der Waals surface area contributed by atoms with Crippen LogP contribution in [-0.4, -0.2) is 73.7 Å². The number of hydrogen-bond donors (Lipinski definition) is 1. The second kappa shape index (κ2) is 8.53. The van der Waals surface area contributed by atoms with Crippen LogP contribution in [0.15, 0.2) is 10.4 Å². The Morgan fingerprint density at radius 1 is 1.38 bits per heavy atom. The molecule has 0 spiro atoms. The average Bonchev–Trinajstić information content (AvgIpc) is 3.28. The van der Waals surface area contributed by atoms with Crippen molar-refractivity contribution >= 4 is 17.3 Å². The zero-order valence-corrected chi connectivity index (χ0v) is 15.6. The quantitative estimate of drug-likeness (QED) is 0.628. The molecule has 1 aromatic heterocycles. The summed E-state index contributed by atoms with van der Waals surface area (Å²) in [7, 11) is 1.69. The molecular weight excluding hydrogens is 367 g/mol. The van der Waals surface area contributed by atoms with Crippen molar-refractivity contribution in [3.63, 3.8) is 0 Å². The lowest BCUT2D eigenvalue weighted by Crippen LogP contribution is -2.53. The molecule has 0 radical (unpaired) electrons. The Morgan fingerprint density at radius 3 is 2.73 bits per heavy atom. The zero-order valence-electron chi connectivity index (χ0n) is 14.8. The first-order chi connectivity index (χ1) is 12.5. The van der Waals surface area contributed by atoms with Gasteiger partial charge in [0.2, 0.25) is 0 Å². The van der Waals surface area contributed by atoms with Crippen LogP contribution in [0.3, 0.4) is 0 Å². The van der Waals surface area contributed by atoms with Crippen molar-refractivity contribution in [1.82, 2.24) is 20.1 Å². The number of alkyl halides is 3. The van der Waals surface area contributed by atoms with Gasteiger partial charge in [0, 0.05) is 51.8 Å². The summed E-state index contributed by atoms with van der Waals surface area (Å²) in [5.74, 6) is 1.34. The van der Waals surface area contributed by atoms with E-state index in [1.54, 1.807) is 7.05 Å². The maximum absolute atomic E-state index is 12.6. The van der Waals surface area contributed by atoms with Crippen molar-refractivity contribution in [3.8, 4) is 0 Å². The molecule has 6 nitrogen and oxygen atoms in total. The minimum Gasteiger partial charge on any atom is -0.381 e. The minimum absolute atomic E-state index is 0.243. The van der Waals surface area contributed by atoms with E-state index in [0.29, 0.717) is 16.9 Å². The number of rotatable bonds is 4. The molecule has 0 amide bonds. The lowest BCUT2D eigenvalue weighted by Gasteiger charge is -2.37. The fourth-order valence-corrected chi connectivity index (χ4v) is 3.98. The Hall–Kier alpha value is -1.39. The van der Waals surface area contributed by atoms with Crippen molar-refractivity contribution in [2.24, 2.45) is 10.9 Å². The molecule has 1 unspecified atom stereocenters. The van der Waals surface area contributed by atoms with Gasteiger partial charge in [-0.1, -0.05) is 0 Å². The van der Waals surface area contributed by atoms with Gasteiger partial charge in [-0.05, 0) is 12.3 Å². The van der Waals surface area contributed by atoms with Gasteiger partial charge in [0.05, 0.1) is 13.2 Å². The first-order valence-electron chi connectivity index (χ1n) is 8.73. The number of thiazole rings is 1. The Morgan fingerprint density at radius 2 is 2.15 bits per heavy atom. The smallest absolute Gasteiger partial charge is 0.381 e. The lowest BCUT2D eigenvalue weighted by atomic mass is 10.1. The molecular formula is C16H24F3N5OS. The van der Waals surface area contributed by atoms with Gasteiger partial charge in [-0.25, -0.2) is 4.98 Å². The summed E-state index contributed by atoms with van der Waals surface area (Å²) in [6, 6.07) is 0. The largest absolute Gasteiger partial charge is 0.434 e. The third kappa shape index (κ3) is 5.08. The molecule has 2 fully saturated rings. The molecule has 2 aliphatic heterocycles. The molecule has 1 N–H and O–H groups in total. The number of hydrogen-bond acceptors (Lipinski definition) is 5. The standard InChI is InChI=1S/C16H24F3N5OS/c1-20-15(21-8-14-22-13(11-26-14)16(17,18)19)24-5-3-23(4-6-24)9-12-2-7-25-10-12/h11-12H,2-10H2,1H3,(H,20,21). The highest BCUT2D eigenvalue weighted by molar-refractivity contribution is 7.09. The van der Waals surface area contributed by atoms with Gasteiger partial charge in [-0.3, -0.25) is 9.89 Å². The lowest BCUT2D eigenvalue weighted by molar-refractivity contribution is -0.140. The third-order valence-electron chi connectivity index (χ3n) is 4.66. The molecule has 0 aromatic carbocycles. The van der Waals surface area contributed by atoms with Gasteiger partial charge in [-0.15, -0.1) is 11.3 Å². The van der Waals surface area contributed by atoms with E-state index in [-0.39, 0.29) is 6.54 Å². The maximum Gasteiger partial charge on any atom is 0.434 e. The average molecular weight is 391 g/mol. The van der Waals surface area contributed by atoms with Gasteiger partial charge in [0.1, 0.15) is 5.01 Å². The summed E-state index contributed by atoms with van der Waals surface area (Å²) in [4.78, 5) is 12.5. The van der Waals surface area contributed by atoms with Gasteiger partial charge in [0.25, 0.3) is 0 Å². The monoisotopic (exact) mass is 391 g/mol. The Bertz CT molecular complexity index is 607. The highest BCUT2D eigenvalue weighted by Gasteiger charge is 2.33. The highest BCUT2D eigenvalue weighted by Crippen LogP contribution is 2.29. The molecule has 10 heteroatoms. The molecule has 146 valence electrons. The van der Waals surface area contributed by atoms with Gasteiger partial charge in [-0.2, -0.15) is 13.2 Å². The maximum atomic E-state index is 12.6. The van der Waals surface area contributed by atoms with Crippen LogP contribution in [-0.2, 0) is 17.5 Å². The van der Waals surface area contributed by atoms with Gasteiger partial charge in [0.15, 0.2) is 11.7 Å². The van der Waals surface area contributed by atoms with Gasteiger partial charge >= 0.3 is 6.18 Å². The summed E-state index contributed by atoms with van der Waals surface area (Å²) < 4.78 is 43.3. The van der Waals surface area contributed by atoms with E-state index in [2.05, 4.69) is 25.1 Å². The van der Waals surface area contributed by atoms with E-state index < -0.39 is 11.9 Å². The number of ether oxygens (including phenoxy) is 1. The minimum atomic E-state index is -4.39. The predicted octanol–water partition coefficient (Wildman–Crippen LogP) is 1.89. The second-order valence-electron chi connectivity index (χ2n) is 6.54. The van der Waals surface area contributed by atoms with E-state index in [0.717, 1.165) is 69.1 Å². The molecule has 0 saturated carbocycles. The summed E-state index contributed by atoms with van der Waals surface area (Å²) >= 11 is 1.01. The molecule has 3 heterocycles. The number of nitrogens with one attached hydrogen (secondary N) is 1. The van der Waals surface area contributed by atoms with Crippen molar-refractivity contribution in [1.29, 1.82) is 0 Å². The number of aliphatic imine (C=N–C) groups is 1. The summed E-state index contributed by atoms with van der Waals surface area (Å²) in [5, 5.41) is 4.57. The van der Waals surface area contributed by atoms with Crippen LogP contribution in [0.5, 0.6) is 0 Å². The van der Waals surface area contributed by atoms with Crippen LogP contribution in [0.1, 0.15) is 17.1 Å². The molecule has 3 rings (SSSR count). The molecule has 2 aliphatic rings. The number of aromatic nitrogens is 1. The normalized spacial score (nSPS) is 22.8. The summed E-state index contributed by atoms with van der Waals surface area (Å²) in [6.45, 7) is 6.63. The molecule has 1 aromatic rings. The van der Waals surface area contributed by atoms with E-state index in [4.69, 9.17) is 4.74 Å². The second-order valence-corrected chi connectivity index (χ2v) is 7.48. The van der Waals surface area contributed by atoms with Gasteiger partial charge < -0.3 is 15.0 Å². The first-order valence-corrected chi connectivity index (χ1v) is 9.61. The van der Waals surface area contributed by atoms with E-state index >= 15 is 0 Å². The number of piperazine rings is 1. The van der Waals surface area contributed by atoms with Crippen LogP contribution in [0.4, 0.5) is 13.2 Å². The number of guanidine groups is 1. The van der Waals surface area contributed by atoms with Crippen LogP contribution < -0.4 is 5.32 Å². The summed E-state index contributed by atoms with van der Waals surface area (Å²) in [6.07, 6.45) is -3.26. The molecule has 1 atom stereocenters. The molecule has 26 heavy (non-hydrogen) atoms. The van der Waals surface area contributed by atoms with E-state index in [9.17, 15) is 13.2 Å². The van der Waals surface area contributed by atoms with Crippen molar-refractivity contribution < 1.29 is 17.9 Å². The predicted molar refractivity (Wildman–Crippen MR) is 94.3 cm³/mol. The molecule has 0 aliphatic carbocycles. The SMILES string of the molecule is CN=C(NCc1nc(C(F)(F)F)cs1)N1CCN(CC2CCOC2)CC1. The van der Waals surface area contributed by atoms with E-state index in [1.807, 2.05) is 0 Å². The Labute approximate surface area is 155 Å². The van der Waals surface area contributed by atoms with Crippen LogP contribution >= 0.6 is 11.3 Å². The summed E-state index contributed by atoms with van der Waals surface area (Å²) in [5.41, 5.74) is -0.834. The Balaban J connectivity index is 1.45. The highest BCUT2D eigenvalue weighted by atomic mass is 32.1. The molecule has 2 saturated heterocycles. The van der Waals surface area contributed by atoms with Crippen LogP contribution in [0.2, 0.25) is 0 Å². The fraction of sp³-hybridized carbons (Fsp3) is 0.750. The topological polar surface area (TPSA) is 53.0 Å². The van der Waals surface area contributed by atoms with E-state index in [1.165, 1.54) is 0 Å². The van der Waals surface area contributed by atoms with Crippen molar-refractivity contribution in [2.75, 3.05) is 53.0 Å². The fourth-order valence-electron chi connectivity index (χ4n) is 3.24. The third-order valence-corrected chi connectivity index (χ3v) is 5.51. The zero-order chi connectivity index (χ0) is 18.6. The van der Waals surface area contributed by atoms with Crippen LogP contribution in [0, 0.1) is 5.92 Å². The molecule has 0 bridgehead atoms. The van der Waals surface area contributed by atoms with Crippen molar-refractivity contribution in [3.05, 3.63) is 16.1 Å². The first kappa shape index (κ1) is 19.4.